The minimum Gasteiger partial charge on any atom is -0.311 e. The molecule has 0 aromatic heterocycles. The van der Waals surface area contributed by atoms with Crippen molar-refractivity contribution in [3.05, 3.63) is 0 Å². The molecular formula is C11H19N. The summed E-state index contributed by atoms with van der Waals surface area (Å²) in [6.07, 6.45) is 12.6. The number of hydrogen-bond acceptors (Lipinski definition) is 1. The fraction of sp³-hybridized carbons (Fsp3) is 0.818. The summed E-state index contributed by atoms with van der Waals surface area (Å²) in [6.45, 7) is 3.47. The number of terminal acetylenes is 1. The molecule has 1 rings (SSSR count). The minimum absolute atomic E-state index is 0.322. The quantitative estimate of drug-likeness (QED) is 0.619. The lowest BCUT2D eigenvalue weighted by Crippen LogP contribution is -2.41. The standard InChI is InChI=1S/C11H19N/c1-3-4-8-11(2)9-6-5-7-10-12-11/h1,12H,4-10H2,2H3. The van der Waals surface area contributed by atoms with Gasteiger partial charge < -0.3 is 5.32 Å². The molecule has 0 aliphatic carbocycles. The molecule has 0 radical (unpaired) electrons. The van der Waals surface area contributed by atoms with Crippen molar-refractivity contribution in [2.75, 3.05) is 6.54 Å². The van der Waals surface area contributed by atoms with Gasteiger partial charge in [-0.2, -0.15) is 0 Å². The molecule has 0 bridgehead atoms. The zero-order valence-electron chi connectivity index (χ0n) is 8.03. The Kier molecular flexibility index (Phi) is 3.62. The first-order valence-electron chi connectivity index (χ1n) is 4.95. The van der Waals surface area contributed by atoms with Crippen LogP contribution < -0.4 is 5.32 Å². The third-order valence-electron chi connectivity index (χ3n) is 2.78. The van der Waals surface area contributed by atoms with Crippen LogP contribution in [0, 0.1) is 12.3 Å². The van der Waals surface area contributed by atoms with E-state index in [1.807, 2.05) is 0 Å². The van der Waals surface area contributed by atoms with E-state index in [0.717, 1.165) is 12.8 Å². The van der Waals surface area contributed by atoms with Crippen molar-refractivity contribution in [2.45, 2.75) is 51.0 Å². The first-order valence-corrected chi connectivity index (χ1v) is 4.95. The summed E-state index contributed by atoms with van der Waals surface area (Å²) < 4.78 is 0. The molecule has 12 heavy (non-hydrogen) atoms. The maximum absolute atomic E-state index is 5.27. The lowest BCUT2D eigenvalue weighted by molar-refractivity contribution is 0.328. The molecule has 1 heteroatoms. The Bertz CT molecular complexity index is 158. The normalized spacial score (nSPS) is 30.7. The van der Waals surface area contributed by atoms with Crippen LogP contribution in [0.25, 0.3) is 0 Å². The average Bonchev–Trinajstić information content (AvgIpc) is 2.27. The Hall–Kier alpha value is -0.480. The summed E-state index contributed by atoms with van der Waals surface area (Å²) in [5, 5.41) is 3.60. The predicted molar refractivity (Wildman–Crippen MR) is 52.9 cm³/mol. The summed E-state index contributed by atoms with van der Waals surface area (Å²) in [5.41, 5.74) is 0.322. The van der Waals surface area contributed by atoms with E-state index < -0.39 is 0 Å². The monoisotopic (exact) mass is 165 g/mol. The van der Waals surface area contributed by atoms with Gasteiger partial charge in [-0.25, -0.2) is 0 Å². The van der Waals surface area contributed by atoms with Crippen LogP contribution in [-0.4, -0.2) is 12.1 Å². The van der Waals surface area contributed by atoms with Gasteiger partial charge in [-0.05, 0) is 32.7 Å². The van der Waals surface area contributed by atoms with Gasteiger partial charge in [-0.3, -0.25) is 0 Å². The Morgan fingerprint density at radius 3 is 3.00 bits per heavy atom. The van der Waals surface area contributed by atoms with Crippen molar-refractivity contribution in [2.24, 2.45) is 0 Å². The fourth-order valence-electron chi connectivity index (χ4n) is 1.86. The zero-order valence-corrected chi connectivity index (χ0v) is 8.03. The second kappa shape index (κ2) is 4.52. The van der Waals surface area contributed by atoms with Gasteiger partial charge in [0.2, 0.25) is 0 Å². The van der Waals surface area contributed by atoms with Crippen molar-refractivity contribution in [1.82, 2.24) is 5.32 Å². The van der Waals surface area contributed by atoms with Crippen LogP contribution in [0.3, 0.4) is 0 Å². The van der Waals surface area contributed by atoms with Gasteiger partial charge >= 0.3 is 0 Å². The van der Waals surface area contributed by atoms with Crippen LogP contribution in [0.1, 0.15) is 45.4 Å². The smallest absolute Gasteiger partial charge is 0.0162 e. The molecule has 1 fully saturated rings. The molecule has 1 N–H and O–H groups in total. The molecule has 1 atom stereocenters. The Labute approximate surface area is 75.9 Å². The largest absolute Gasteiger partial charge is 0.311 e. The molecule has 0 aromatic carbocycles. The molecule has 0 saturated carbocycles. The highest BCUT2D eigenvalue weighted by Crippen LogP contribution is 2.22. The van der Waals surface area contributed by atoms with Crippen LogP contribution in [0.15, 0.2) is 0 Å². The lowest BCUT2D eigenvalue weighted by Gasteiger charge is -2.28. The van der Waals surface area contributed by atoms with Crippen LogP contribution in [-0.2, 0) is 0 Å². The summed E-state index contributed by atoms with van der Waals surface area (Å²) in [7, 11) is 0. The maximum atomic E-state index is 5.27. The van der Waals surface area contributed by atoms with Crippen molar-refractivity contribution in [3.8, 4) is 12.3 Å². The van der Waals surface area contributed by atoms with Crippen LogP contribution in [0.5, 0.6) is 0 Å². The number of hydrogen-bond donors (Lipinski definition) is 1. The van der Waals surface area contributed by atoms with E-state index in [1.54, 1.807) is 0 Å². The van der Waals surface area contributed by atoms with E-state index >= 15 is 0 Å². The van der Waals surface area contributed by atoms with Gasteiger partial charge in [0.15, 0.2) is 0 Å². The number of rotatable bonds is 2. The average molecular weight is 165 g/mol. The molecule has 1 aliphatic rings. The maximum Gasteiger partial charge on any atom is 0.0162 e. The SMILES string of the molecule is C#CCCC1(C)CCCCCN1. The van der Waals surface area contributed by atoms with Crippen molar-refractivity contribution in [3.63, 3.8) is 0 Å². The first kappa shape index (κ1) is 9.61. The van der Waals surface area contributed by atoms with E-state index in [1.165, 1.54) is 32.2 Å². The predicted octanol–water partition coefficient (Wildman–Crippen LogP) is 2.32. The summed E-state index contributed by atoms with van der Waals surface area (Å²) in [5.74, 6) is 2.72. The van der Waals surface area contributed by atoms with Gasteiger partial charge in [-0.1, -0.05) is 12.8 Å². The highest BCUT2D eigenvalue weighted by Gasteiger charge is 2.23. The van der Waals surface area contributed by atoms with Crippen molar-refractivity contribution < 1.29 is 0 Å². The van der Waals surface area contributed by atoms with Crippen molar-refractivity contribution in [1.29, 1.82) is 0 Å². The molecule has 0 aromatic rings. The Balaban J connectivity index is 2.38. The van der Waals surface area contributed by atoms with Crippen molar-refractivity contribution >= 4 is 0 Å². The second-order valence-electron chi connectivity index (χ2n) is 4.00. The number of nitrogens with one attached hydrogen (secondary N) is 1. The third-order valence-corrected chi connectivity index (χ3v) is 2.78. The van der Waals surface area contributed by atoms with Gasteiger partial charge in [0, 0.05) is 12.0 Å². The summed E-state index contributed by atoms with van der Waals surface area (Å²) >= 11 is 0. The van der Waals surface area contributed by atoms with Crippen LogP contribution in [0.2, 0.25) is 0 Å². The van der Waals surface area contributed by atoms with Crippen LogP contribution in [0.4, 0.5) is 0 Å². The Morgan fingerprint density at radius 1 is 1.42 bits per heavy atom. The summed E-state index contributed by atoms with van der Waals surface area (Å²) in [6, 6.07) is 0. The highest BCUT2D eigenvalue weighted by molar-refractivity contribution is 4.92. The molecule has 1 aliphatic heterocycles. The Morgan fingerprint density at radius 2 is 2.25 bits per heavy atom. The van der Waals surface area contributed by atoms with E-state index in [-0.39, 0.29) is 0 Å². The van der Waals surface area contributed by atoms with Gasteiger partial charge in [0.25, 0.3) is 0 Å². The van der Waals surface area contributed by atoms with Gasteiger partial charge in [0.05, 0.1) is 0 Å². The van der Waals surface area contributed by atoms with Gasteiger partial charge in [0.1, 0.15) is 0 Å². The molecule has 1 saturated heterocycles. The van der Waals surface area contributed by atoms with Crippen LogP contribution >= 0.6 is 0 Å². The molecule has 68 valence electrons. The fourth-order valence-corrected chi connectivity index (χ4v) is 1.86. The summed E-state index contributed by atoms with van der Waals surface area (Å²) in [4.78, 5) is 0. The zero-order chi connectivity index (χ0) is 8.86. The second-order valence-corrected chi connectivity index (χ2v) is 4.00. The molecule has 0 amide bonds. The first-order chi connectivity index (χ1) is 5.77. The highest BCUT2D eigenvalue weighted by atomic mass is 15.0. The molecule has 0 spiro atoms. The van der Waals surface area contributed by atoms with E-state index in [9.17, 15) is 0 Å². The van der Waals surface area contributed by atoms with E-state index in [4.69, 9.17) is 6.42 Å². The minimum atomic E-state index is 0.322. The lowest BCUT2D eigenvalue weighted by atomic mass is 9.91. The van der Waals surface area contributed by atoms with E-state index in [0.29, 0.717) is 5.54 Å². The van der Waals surface area contributed by atoms with E-state index in [2.05, 4.69) is 18.2 Å². The molecule has 1 heterocycles. The molecule has 1 unspecified atom stereocenters. The molecular weight excluding hydrogens is 146 g/mol. The topological polar surface area (TPSA) is 12.0 Å². The van der Waals surface area contributed by atoms with Gasteiger partial charge in [-0.15, -0.1) is 12.3 Å². The third kappa shape index (κ3) is 2.87. The molecule has 1 nitrogen and oxygen atoms in total.